The van der Waals surface area contributed by atoms with Gasteiger partial charge in [-0.15, -0.1) is 0 Å². The monoisotopic (exact) mass is 397 g/mol. The van der Waals surface area contributed by atoms with E-state index in [2.05, 4.69) is 15.6 Å². The highest BCUT2D eigenvalue weighted by atomic mass is 19.1. The topological polar surface area (TPSA) is 81.7 Å². The molecule has 150 valence electrons. The molecule has 3 rings (SSSR count). The van der Waals surface area contributed by atoms with E-state index in [1.165, 1.54) is 51.8 Å². The van der Waals surface area contributed by atoms with Crippen molar-refractivity contribution in [3.05, 3.63) is 66.2 Å². The molecule has 0 aliphatic rings. The molecule has 0 aliphatic carbocycles. The second-order valence-corrected chi connectivity index (χ2v) is 5.93. The number of aromatic nitrogens is 1. The zero-order valence-corrected chi connectivity index (χ0v) is 16.2. The molecule has 0 fully saturated rings. The van der Waals surface area contributed by atoms with Crippen LogP contribution in [0, 0.1) is 5.82 Å². The third kappa shape index (κ3) is 4.73. The molecule has 0 radical (unpaired) electrons. The second-order valence-electron chi connectivity index (χ2n) is 5.93. The largest absolute Gasteiger partial charge is 0.493 e. The molecule has 29 heavy (non-hydrogen) atoms. The number of carbonyl (C=O) groups excluding carboxylic acids is 1. The maximum Gasteiger partial charge on any atom is 0.274 e. The summed E-state index contributed by atoms with van der Waals surface area (Å²) in [5.74, 6) is 0.688. The van der Waals surface area contributed by atoms with Gasteiger partial charge >= 0.3 is 0 Å². The van der Waals surface area contributed by atoms with E-state index in [0.29, 0.717) is 34.3 Å². The number of methoxy groups -OCH3 is 3. The van der Waals surface area contributed by atoms with Gasteiger partial charge in [0.25, 0.3) is 5.91 Å². The number of ether oxygens (including phenoxy) is 3. The number of benzene rings is 2. The highest BCUT2D eigenvalue weighted by Crippen LogP contribution is 2.40. The Balaban J connectivity index is 1.81. The Bertz CT molecular complexity index is 984. The molecule has 0 aliphatic heterocycles. The molecule has 3 aromatic rings. The number of carbonyl (C=O) groups is 1. The van der Waals surface area contributed by atoms with E-state index in [4.69, 9.17) is 14.2 Å². The normalized spacial score (nSPS) is 10.2. The fourth-order valence-corrected chi connectivity index (χ4v) is 2.68. The quantitative estimate of drug-likeness (QED) is 0.621. The van der Waals surface area contributed by atoms with E-state index in [1.807, 2.05) is 0 Å². The van der Waals surface area contributed by atoms with Gasteiger partial charge in [-0.25, -0.2) is 4.39 Å². The van der Waals surface area contributed by atoms with Gasteiger partial charge in [-0.05, 0) is 36.4 Å². The van der Waals surface area contributed by atoms with Crippen LogP contribution in [0.3, 0.4) is 0 Å². The van der Waals surface area contributed by atoms with Crippen molar-refractivity contribution in [3.63, 3.8) is 0 Å². The van der Waals surface area contributed by atoms with Crippen LogP contribution in [0.5, 0.6) is 17.2 Å². The van der Waals surface area contributed by atoms with Gasteiger partial charge in [-0.3, -0.25) is 9.78 Å². The van der Waals surface area contributed by atoms with E-state index < -0.39 is 5.91 Å². The summed E-state index contributed by atoms with van der Waals surface area (Å²) in [5, 5.41) is 5.86. The van der Waals surface area contributed by atoms with Crippen molar-refractivity contribution >= 4 is 23.0 Å². The summed E-state index contributed by atoms with van der Waals surface area (Å²) >= 11 is 0. The smallest absolute Gasteiger partial charge is 0.274 e. The Hall–Kier alpha value is -3.81. The number of hydrogen-bond donors (Lipinski definition) is 2. The molecular formula is C21H20FN3O4. The minimum Gasteiger partial charge on any atom is -0.493 e. The highest BCUT2D eigenvalue weighted by Gasteiger charge is 2.14. The van der Waals surface area contributed by atoms with Crippen LogP contribution in [0.15, 0.2) is 54.7 Å². The predicted octanol–water partition coefficient (Wildman–Crippen LogP) is 4.24. The van der Waals surface area contributed by atoms with Crippen LogP contribution in [0.2, 0.25) is 0 Å². The van der Waals surface area contributed by atoms with Crippen molar-refractivity contribution in [2.24, 2.45) is 0 Å². The van der Waals surface area contributed by atoms with Gasteiger partial charge in [0.05, 0.1) is 21.3 Å². The zero-order chi connectivity index (χ0) is 20.8. The first kappa shape index (κ1) is 19.9. The lowest BCUT2D eigenvalue weighted by atomic mass is 10.2. The summed E-state index contributed by atoms with van der Waals surface area (Å²) in [6.45, 7) is 0. The minimum atomic E-state index is -0.412. The van der Waals surface area contributed by atoms with Crippen LogP contribution >= 0.6 is 0 Å². The van der Waals surface area contributed by atoms with Crippen molar-refractivity contribution in [2.75, 3.05) is 32.0 Å². The van der Waals surface area contributed by atoms with Crippen molar-refractivity contribution in [1.29, 1.82) is 0 Å². The first-order chi connectivity index (χ1) is 14.0. The van der Waals surface area contributed by atoms with Gasteiger partial charge in [0.2, 0.25) is 5.75 Å². The van der Waals surface area contributed by atoms with Crippen molar-refractivity contribution in [3.8, 4) is 17.2 Å². The first-order valence-electron chi connectivity index (χ1n) is 8.64. The molecule has 1 heterocycles. The number of hydrogen-bond acceptors (Lipinski definition) is 6. The number of halogens is 1. The van der Waals surface area contributed by atoms with Crippen molar-refractivity contribution in [2.45, 2.75) is 0 Å². The van der Waals surface area contributed by atoms with Crippen LogP contribution in [0.1, 0.15) is 10.5 Å². The molecule has 7 nitrogen and oxygen atoms in total. The summed E-state index contributed by atoms with van der Waals surface area (Å²) in [5.41, 5.74) is 1.99. The van der Waals surface area contributed by atoms with Crippen molar-refractivity contribution in [1.82, 2.24) is 4.98 Å². The average molecular weight is 397 g/mol. The van der Waals surface area contributed by atoms with Gasteiger partial charge in [0, 0.05) is 35.4 Å². The Labute approximate surface area is 167 Å². The molecule has 2 N–H and O–H groups in total. The maximum atomic E-state index is 13.0. The third-order valence-electron chi connectivity index (χ3n) is 4.05. The van der Waals surface area contributed by atoms with E-state index in [9.17, 15) is 9.18 Å². The number of nitrogens with one attached hydrogen (secondary N) is 2. The molecule has 2 aromatic carbocycles. The van der Waals surface area contributed by atoms with E-state index in [1.54, 1.807) is 24.3 Å². The first-order valence-corrected chi connectivity index (χ1v) is 8.64. The van der Waals surface area contributed by atoms with Gasteiger partial charge in [-0.2, -0.15) is 0 Å². The summed E-state index contributed by atoms with van der Waals surface area (Å²) in [4.78, 5) is 16.5. The molecule has 0 saturated heterocycles. The Morgan fingerprint density at radius 3 is 2.10 bits per heavy atom. The SMILES string of the molecule is COc1cc(Nc2ccnc(C(=O)Nc3ccc(F)cc3)c2)cc(OC)c1OC. The lowest BCUT2D eigenvalue weighted by Crippen LogP contribution is -2.13. The fraction of sp³-hybridized carbons (Fsp3) is 0.143. The van der Waals surface area contributed by atoms with Crippen LogP contribution in [0.25, 0.3) is 0 Å². The Kier molecular flexibility index (Phi) is 6.13. The molecule has 0 spiro atoms. The lowest BCUT2D eigenvalue weighted by Gasteiger charge is -2.15. The molecule has 0 unspecified atom stereocenters. The molecule has 0 bridgehead atoms. The zero-order valence-electron chi connectivity index (χ0n) is 16.2. The minimum absolute atomic E-state index is 0.201. The third-order valence-corrected chi connectivity index (χ3v) is 4.05. The Morgan fingerprint density at radius 2 is 1.52 bits per heavy atom. The number of amides is 1. The summed E-state index contributed by atoms with van der Waals surface area (Å²) in [7, 11) is 4.60. The number of pyridine rings is 1. The summed E-state index contributed by atoms with van der Waals surface area (Å²) in [6.07, 6.45) is 1.51. The fourth-order valence-electron chi connectivity index (χ4n) is 2.68. The maximum absolute atomic E-state index is 13.0. The van der Waals surface area contributed by atoms with Crippen LogP contribution in [0.4, 0.5) is 21.5 Å². The molecule has 0 saturated carbocycles. The van der Waals surface area contributed by atoms with Gasteiger partial charge in [0.15, 0.2) is 11.5 Å². The molecule has 1 aromatic heterocycles. The predicted molar refractivity (Wildman–Crippen MR) is 108 cm³/mol. The van der Waals surface area contributed by atoms with E-state index >= 15 is 0 Å². The molecule has 0 atom stereocenters. The van der Waals surface area contributed by atoms with Crippen molar-refractivity contribution < 1.29 is 23.4 Å². The number of anilines is 3. The standard InChI is InChI=1S/C21H20FN3O4/c1-27-18-11-16(12-19(28-2)20(18)29-3)24-15-8-9-23-17(10-15)21(26)25-14-6-4-13(22)5-7-14/h4-12H,1-3H3,(H,23,24)(H,25,26). The van der Waals surface area contributed by atoms with Gasteiger partial charge < -0.3 is 24.8 Å². The van der Waals surface area contributed by atoms with E-state index in [0.717, 1.165) is 0 Å². The van der Waals surface area contributed by atoms with Gasteiger partial charge in [0.1, 0.15) is 11.5 Å². The summed E-state index contributed by atoms with van der Waals surface area (Å²) in [6, 6.07) is 12.3. The number of rotatable bonds is 7. The van der Waals surface area contributed by atoms with Gasteiger partial charge in [-0.1, -0.05) is 0 Å². The number of nitrogens with zero attached hydrogens (tertiary/aromatic N) is 1. The van der Waals surface area contributed by atoms with Crippen LogP contribution in [-0.4, -0.2) is 32.2 Å². The van der Waals surface area contributed by atoms with Crippen LogP contribution in [-0.2, 0) is 0 Å². The molecule has 8 heteroatoms. The summed E-state index contributed by atoms with van der Waals surface area (Å²) < 4.78 is 29.0. The average Bonchev–Trinajstić information content (AvgIpc) is 2.74. The Morgan fingerprint density at radius 1 is 0.862 bits per heavy atom. The highest BCUT2D eigenvalue weighted by molar-refractivity contribution is 6.03. The van der Waals surface area contributed by atoms with E-state index in [-0.39, 0.29) is 11.5 Å². The van der Waals surface area contributed by atoms with Crippen LogP contribution < -0.4 is 24.8 Å². The second kappa shape index (κ2) is 8.92. The molecule has 1 amide bonds. The lowest BCUT2D eigenvalue weighted by molar-refractivity contribution is 0.102. The molecular weight excluding hydrogens is 377 g/mol.